The van der Waals surface area contributed by atoms with Gasteiger partial charge in [0.1, 0.15) is 0 Å². The van der Waals surface area contributed by atoms with E-state index in [-0.39, 0.29) is 6.54 Å². The van der Waals surface area contributed by atoms with Crippen LogP contribution in [0.2, 0.25) is 0 Å². The molecule has 5 heteroatoms. The van der Waals surface area contributed by atoms with E-state index in [2.05, 4.69) is 0 Å². The van der Waals surface area contributed by atoms with Crippen molar-refractivity contribution < 1.29 is 8.42 Å². The van der Waals surface area contributed by atoms with Crippen molar-refractivity contribution in [1.82, 2.24) is 0 Å². The summed E-state index contributed by atoms with van der Waals surface area (Å²) in [5.41, 5.74) is 9.54. The first-order valence-electron chi connectivity index (χ1n) is 6.17. The summed E-state index contributed by atoms with van der Waals surface area (Å²) in [4.78, 5) is 0. The summed E-state index contributed by atoms with van der Waals surface area (Å²) in [7, 11) is -3.28. The first-order chi connectivity index (χ1) is 8.37. The van der Waals surface area contributed by atoms with Crippen LogP contribution in [0.25, 0.3) is 0 Å². The van der Waals surface area contributed by atoms with Gasteiger partial charge in [-0.2, -0.15) is 0 Å². The highest BCUT2D eigenvalue weighted by Crippen LogP contribution is 2.33. The smallest absolute Gasteiger partial charge is 0.239 e. The van der Waals surface area contributed by atoms with Gasteiger partial charge in [0.2, 0.25) is 10.0 Å². The zero-order valence-corrected chi connectivity index (χ0v) is 11.9. The van der Waals surface area contributed by atoms with Crippen molar-refractivity contribution in [2.24, 2.45) is 5.73 Å². The van der Waals surface area contributed by atoms with E-state index >= 15 is 0 Å². The quantitative estimate of drug-likeness (QED) is 0.883. The molecule has 1 heterocycles. The number of nitrogens with two attached hydrogens (primary N) is 1. The van der Waals surface area contributed by atoms with Gasteiger partial charge in [-0.05, 0) is 38.3 Å². The Morgan fingerprint density at radius 3 is 2.28 bits per heavy atom. The Morgan fingerprint density at radius 1 is 1.28 bits per heavy atom. The van der Waals surface area contributed by atoms with Gasteiger partial charge in [0.25, 0.3) is 0 Å². The fraction of sp³-hybridized carbons (Fsp3) is 0.538. The molecule has 2 rings (SSSR count). The number of anilines is 1. The second kappa shape index (κ2) is 4.55. The molecular weight excluding hydrogens is 248 g/mol. The molecule has 100 valence electrons. The van der Waals surface area contributed by atoms with Crippen LogP contribution in [0, 0.1) is 20.8 Å². The molecule has 0 amide bonds. The Kier molecular flexibility index (Phi) is 3.38. The molecular formula is C13H20N2O2S. The maximum absolute atomic E-state index is 12.4. The minimum atomic E-state index is -3.28. The zero-order chi connectivity index (χ0) is 13.5. The summed E-state index contributed by atoms with van der Waals surface area (Å²) in [6.45, 7) is 6.67. The first-order valence-corrected chi connectivity index (χ1v) is 7.67. The number of benzene rings is 1. The number of hydrogen-bond acceptors (Lipinski definition) is 3. The summed E-state index contributed by atoms with van der Waals surface area (Å²) in [5.74, 6) is 0. The maximum Gasteiger partial charge on any atom is 0.239 e. The average molecular weight is 268 g/mol. The normalized spacial score (nSPS) is 22.4. The molecule has 1 atom stereocenters. The summed E-state index contributed by atoms with van der Waals surface area (Å²) < 4.78 is 26.3. The number of hydrogen-bond donors (Lipinski definition) is 1. The van der Waals surface area contributed by atoms with Crippen LogP contribution in [-0.4, -0.2) is 26.8 Å². The Balaban J connectivity index is 2.52. The zero-order valence-electron chi connectivity index (χ0n) is 11.1. The van der Waals surface area contributed by atoms with Crippen molar-refractivity contribution in [3.8, 4) is 0 Å². The lowest BCUT2D eigenvalue weighted by Gasteiger charge is -2.23. The number of sulfonamides is 1. The molecule has 0 aliphatic carbocycles. The van der Waals surface area contributed by atoms with Crippen LogP contribution in [0.15, 0.2) is 12.1 Å². The summed E-state index contributed by atoms with van der Waals surface area (Å²) in [6, 6.07) is 4.04. The van der Waals surface area contributed by atoms with Crippen LogP contribution in [0.3, 0.4) is 0 Å². The van der Waals surface area contributed by atoms with E-state index in [0.29, 0.717) is 13.0 Å². The molecule has 18 heavy (non-hydrogen) atoms. The minimum Gasteiger partial charge on any atom is -0.329 e. The highest BCUT2D eigenvalue weighted by molar-refractivity contribution is 7.93. The van der Waals surface area contributed by atoms with Crippen molar-refractivity contribution >= 4 is 15.7 Å². The molecule has 0 radical (unpaired) electrons. The van der Waals surface area contributed by atoms with Gasteiger partial charge in [0, 0.05) is 13.1 Å². The van der Waals surface area contributed by atoms with Gasteiger partial charge in [0.05, 0.1) is 10.9 Å². The fourth-order valence-corrected chi connectivity index (χ4v) is 4.67. The molecule has 0 bridgehead atoms. The Hall–Kier alpha value is -1.07. The van der Waals surface area contributed by atoms with Gasteiger partial charge < -0.3 is 5.73 Å². The van der Waals surface area contributed by atoms with Crippen LogP contribution in [-0.2, 0) is 10.0 Å². The average Bonchev–Trinajstić information content (AvgIpc) is 2.53. The molecule has 1 aliphatic rings. The molecule has 1 fully saturated rings. The largest absolute Gasteiger partial charge is 0.329 e. The minimum absolute atomic E-state index is 0.197. The molecule has 1 aromatic carbocycles. The van der Waals surface area contributed by atoms with Gasteiger partial charge in [-0.3, -0.25) is 4.31 Å². The third kappa shape index (κ3) is 2.01. The molecule has 1 aromatic rings. The van der Waals surface area contributed by atoms with E-state index in [0.717, 1.165) is 22.4 Å². The molecule has 1 unspecified atom stereocenters. The van der Waals surface area contributed by atoms with E-state index in [1.807, 2.05) is 32.9 Å². The summed E-state index contributed by atoms with van der Waals surface area (Å²) in [5, 5.41) is -0.433. The number of nitrogens with zero attached hydrogens (tertiary/aromatic N) is 1. The van der Waals surface area contributed by atoms with Crippen molar-refractivity contribution in [2.45, 2.75) is 32.4 Å². The predicted molar refractivity (Wildman–Crippen MR) is 74.4 cm³/mol. The van der Waals surface area contributed by atoms with Gasteiger partial charge in [-0.15, -0.1) is 0 Å². The van der Waals surface area contributed by atoms with Crippen molar-refractivity contribution in [2.75, 3.05) is 17.4 Å². The first kappa shape index (κ1) is 13.4. The molecule has 4 nitrogen and oxygen atoms in total. The van der Waals surface area contributed by atoms with E-state index in [4.69, 9.17) is 5.73 Å². The van der Waals surface area contributed by atoms with Crippen molar-refractivity contribution in [3.05, 3.63) is 28.8 Å². The van der Waals surface area contributed by atoms with Gasteiger partial charge in [-0.25, -0.2) is 8.42 Å². The van der Waals surface area contributed by atoms with Crippen LogP contribution >= 0.6 is 0 Å². The third-order valence-electron chi connectivity index (χ3n) is 3.53. The van der Waals surface area contributed by atoms with Gasteiger partial charge >= 0.3 is 0 Å². The fourth-order valence-electron chi connectivity index (χ4n) is 2.76. The molecule has 1 saturated heterocycles. The molecule has 2 N–H and O–H groups in total. The lowest BCUT2D eigenvalue weighted by Crippen LogP contribution is -2.33. The lowest BCUT2D eigenvalue weighted by atomic mass is 10.1. The maximum atomic E-state index is 12.4. The van der Waals surface area contributed by atoms with E-state index < -0.39 is 15.3 Å². The molecule has 0 aromatic heterocycles. The molecule has 0 saturated carbocycles. The highest BCUT2D eigenvalue weighted by Gasteiger charge is 2.39. The summed E-state index contributed by atoms with van der Waals surface area (Å²) in [6.07, 6.45) is 0.617. The summed E-state index contributed by atoms with van der Waals surface area (Å²) >= 11 is 0. The van der Waals surface area contributed by atoms with Crippen LogP contribution in [0.1, 0.15) is 23.1 Å². The monoisotopic (exact) mass is 268 g/mol. The Morgan fingerprint density at radius 2 is 1.83 bits per heavy atom. The lowest BCUT2D eigenvalue weighted by molar-refractivity contribution is 0.588. The third-order valence-corrected chi connectivity index (χ3v) is 5.78. The van der Waals surface area contributed by atoms with E-state index in [1.165, 1.54) is 4.31 Å². The highest BCUT2D eigenvalue weighted by atomic mass is 32.2. The van der Waals surface area contributed by atoms with E-state index in [1.54, 1.807) is 0 Å². The predicted octanol–water partition coefficient (Wildman–Crippen LogP) is 1.48. The van der Waals surface area contributed by atoms with E-state index in [9.17, 15) is 8.42 Å². The Labute approximate surface area is 109 Å². The second-order valence-corrected chi connectivity index (χ2v) is 7.15. The van der Waals surface area contributed by atoms with Crippen LogP contribution in [0.4, 0.5) is 5.69 Å². The van der Waals surface area contributed by atoms with Gasteiger partial charge in [-0.1, -0.05) is 17.7 Å². The van der Waals surface area contributed by atoms with Crippen LogP contribution in [0.5, 0.6) is 0 Å². The van der Waals surface area contributed by atoms with Gasteiger partial charge in [0.15, 0.2) is 0 Å². The molecule has 1 aliphatic heterocycles. The standard InChI is InChI=1S/C13H20N2O2S/c1-9-6-10(2)13(11(3)7-9)15-5-4-12(8-14)18(15,16)17/h6-7,12H,4-5,8,14H2,1-3H3. The van der Waals surface area contributed by atoms with Crippen LogP contribution < -0.4 is 10.0 Å². The van der Waals surface area contributed by atoms with Crippen molar-refractivity contribution in [1.29, 1.82) is 0 Å². The second-order valence-electron chi connectivity index (χ2n) is 5.01. The SMILES string of the molecule is Cc1cc(C)c(N2CCC(CN)S2(=O)=O)c(C)c1. The number of aryl methyl sites for hydroxylation is 3. The Bertz CT molecular complexity index is 543. The topological polar surface area (TPSA) is 63.4 Å². The van der Waals surface area contributed by atoms with Crippen molar-refractivity contribution in [3.63, 3.8) is 0 Å². The number of rotatable bonds is 2. The molecule has 0 spiro atoms.